The number of halogens is 2. The third kappa shape index (κ3) is 3.38. The fourth-order valence-corrected chi connectivity index (χ4v) is 2.95. The Morgan fingerprint density at radius 3 is 2.48 bits per heavy atom. The number of benzene rings is 2. The number of hydrogen-bond donors (Lipinski definition) is 1. The largest absolute Gasteiger partial charge is 0.497 e. The number of methoxy groups -OCH3 is 1. The van der Waals surface area contributed by atoms with Gasteiger partial charge in [0.15, 0.2) is 0 Å². The molecule has 4 heteroatoms. The molecule has 2 nitrogen and oxygen atoms in total. The van der Waals surface area contributed by atoms with Gasteiger partial charge in [0.2, 0.25) is 0 Å². The number of anilines is 1. The molecular weight excluding hydrogens is 333 g/mol. The van der Waals surface area contributed by atoms with Crippen molar-refractivity contribution in [3.05, 3.63) is 58.3 Å². The third-order valence-corrected chi connectivity index (χ3v) is 4.47. The van der Waals surface area contributed by atoms with E-state index in [0.717, 1.165) is 15.9 Å². The summed E-state index contributed by atoms with van der Waals surface area (Å²) in [4.78, 5) is 0. The van der Waals surface area contributed by atoms with Gasteiger partial charge in [-0.15, -0.1) is 0 Å². The van der Waals surface area contributed by atoms with Crippen molar-refractivity contribution in [1.82, 2.24) is 0 Å². The summed E-state index contributed by atoms with van der Waals surface area (Å²) in [5.41, 5.74) is 2.15. The van der Waals surface area contributed by atoms with Crippen molar-refractivity contribution in [2.75, 3.05) is 12.4 Å². The highest BCUT2D eigenvalue weighted by Crippen LogP contribution is 2.44. The van der Waals surface area contributed by atoms with Crippen LogP contribution in [0, 0.1) is 11.7 Å². The van der Waals surface area contributed by atoms with Gasteiger partial charge in [-0.25, -0.2) is 4.39 Å². The predicted molar refractivity (Wildman–Crippen MR) is 86.2 cm³/mol. The highest BCUT2D eigenvalue weighted by Gasteiger charge is 2.32. The minimum absolute atomic E-state index is 0.236. The Morgan fingerprint density at radius 1 is 1.19 bits per heavy atom. The number of hydrogen-bond acceptors (Lipinski definition) is 2. The van der Waals surface area contributed by atoms with Crippen LogP contribution >= 0.6 is 15.9 Å². The summed E-state index contributed by atoms with van der Waals surface area (Å²) in [6, 6.07) is 13.1. The van der Waals surface area contributed by atoms with E-state index in [-0.39, 0.29) is 11.9 Å². The lowest BCUT2D eigenvalue weighted by Crippen LogP contribution is -2.13. The maximum Gasteiger partial charge on any atom is 0.124 e. The van der Waals surface area contributed by atoms with Crippen molar-refractivity contribution in [2.24, 2.45) is 5.92 Å². The van der Waals surface area contributed by atoms with Crippen LogP contribution < -0.4 is 10.1 Å². The van der Waals surface area contributed by atoms with Crippen LogP contribution in [0.2, 0.25) is 0 Å². The number of nitrogens with one attached hydrogen (secondary N) is 1. The van der Waals surface area contributed by atoms with E-state index in [4.69, 9.17) is 4.74 Å². The molecule has 0 bridgehead atoms. The molecule has 0 radical (unpaired) electrons. The maximum atomic E-state index is 13.2. The normalized spacial score (nSPS) is 15.6. The van der Waals surface area contributed by atoms with Crippen molar-refractivity contribution in [1.29, 1.82) is 0 Å². The lowest BCUT2D eigenvalue weighted by atomic mass is 10.0. The lowest BCUT2D eigenvalue weighted by Gasteiger charge is -2.21. The second-order valence-corrected chi connectivity index (χ2v) is 6.21. The Kier molecular flexibility index (Phi) is 4.15. The first-order chi connectivity index (χ1) is 10.2. The molecule has 0 aromatic heterocycles. The second-order valence-electron chi connectivity index (χ2n) is 5.36. The molecule has 1 atom stereocenters. The van der Waals surface area contributed by atoms with E-state index in [9.17, 15) is 4.39 Å². The van der Waals surface area contributed by atoms with Gasteiger partial charge in [0.25, 0.3) is 0 Å². The van der Waals surface area contributed by atoms with E-state index in [0.29, 0.717) is 5.92 Å². The van der Waals surface area contributed by atoms with Crippen LogP contribution in [0.3, 0.4) is 0 Å². The SMILES string of the molecule is COc1ccc(C(Nc2ccc(F)cc2Br)C2CC2)cc1. The van der Waals surface area contributed by atoms with Crippen LogP contribution in [-0.2, 0) is 0 Å². The van der Waals surface area contributed by atoms with Gasteiger partial charge >= 0.3 is 0 Å². The van der Waals surface area contributed by atoms with Gasteiger partial charge in [-0.05, 0) is 70.6 Å². The summed E-state index contributed by atoms with van der Waals surface area (Å²) in [6.07, 6.45) is 2.45. The first-order valence-electron chi connectivity index (χ1n) is 7.03. The molecular formula is C17H17BrFNO. The van der Waals surface area contributed by atoms with Crippen molar-refractivity contribution < 1.29 is 9.13 Å². The zero-order valence-corrected chi connectivity index (χ0v) is 13.4. The Morgan fingerprint density at radius 2 is 1.90 bits per heavy atom. The Balaban J connectivity index is 1.84. The standard InChI is InChI=1S/C17H17BrFNO/c1-21-14-7-4-12(5-8-14)17(11-2-3-11)20-16-9-6-13(19)10-15(16)18/h4-11,17,20H,2-3H2,1H3. The first-order valence-corrected chi connectivity index (χ1v) is 7.82. The third-order valence-electron chi connectivity index (χ3n) is 3.81. The van der Waals surface area contributed by atoms with Crippen LogP contribution in [0.4, 0.5) is 10.1 Å². The van der Waals surface area contributed by atoms with E-state index in [1.54, 1.807) is 13.2 Å². The van der Waals surface area contributed by atoms with Gasteiger partial charge in [-0.1, -0.05) is 12.1 Å². The zero-order chi connectivity index (χ0) is 14.8. The minimum atomic E-state index is -0.236. The van der Waals surface area contributed by atoms with E-state index in [2.05, 4.69) is 33.4 Å². The fourth-order valence-electron chi connectivity index (χ4n) is 2.49. The van der Waals surface area contributed by atoms with Gasteiger partial charge in [0, 0.05) is 10.2 Å². The number of ether oxygens (including phenoxy) is 1. The molecule has 3 rings (SSSR count). The summed E-state index contributed by atoms with van der Waals surface area (Å²) < 4.78 is 19.1. The van der Waals surface area contributed by atoms with Gasteiger partial charge in [-0.2, -0.15) is 0 Å². The van der Waals surface area contributed by atoms with E-state index in [1.807, 2.05) is 12.1 Å². The van der Waals surface area contributed by atoms with Crippen molar-refractivity contribution >= 4 is 21.6 Å². The number of rotatable bonds is 5. The Hall–Kier alpha value is -1.55. The summed E-state index contributed by atoms with van der Waals surface area (Å²) >= 11 is 3.42. The monoisotopic (exact) mass is 349 g/mol. The maximum absolute atomic E-state index is 13.2. The second kappa shape index (κ2) is 6.06. The van der Waals surface area contributed by atoms with Crippen molar-refractivity contribution in [3.8, 4) is 5.75 Å². The molecule has 1 aliphatic rings. The predicted octanol–water partition coefficient (Wildman–Crippen LogP) is 5.16. The summed E-state index contributed by atoms with van der Waals surface area (Å²) in [7, 11) is 1.67. The molecule has 2 aromatic rings. The lowest BCUT2D eigenvalue weighted by molar-refractivity contribution is 0.414. The van der Waals surface area contributed by atoms with Crippen LogP contribution in [0.1, 0.15) is 24.4 Å². The molecule has 0 spiro atoms. The molecule has 0 amide bonds. The van der Waals surface area contributed by atoms with Crippen LogP contribution in [-0.4, -0.2) is 7.11 Å². The molecule has 21 heavy (non-hydrogen) atoms. The molecule has 1 fully saturated rings. The fraction of sp³-hybridized carbons (Fsp3) is 0.294. The summed E-state index contributed by atoms with van der Waals surface area (Å²) in [5, 5.41) is 3.54. The summed E-state index contributed by atoms with van der Waals surface area (Å²) in [6.45, 7) is 0. The van der Waals surface area contributed by atoms with Crippen LogP contribution in [0.25, 0.3) is 0 Å². The molecule has 0 saturated heterocycles. The minimum Gasteiger partial charge on any atom is -0.497 e. The van der Waals surface area contributed by atoms with Gasteiger partial charge in [0.1, 0.15) is 11.6 Å². The average Bonchev–Trinajstić information content (AvgIpc) is 3.31. The van der Waals surface area contributed by atoms with Crippen molar-refractivity contribution in [2.45, 2.75) is 18.9 Å². The summed E-state index contributed by atoms with van der Waals surface area (Å²) in [5.74, 6) is 1.26. The Bertz CT molecular complexity index is 625. The molecule has 1 saturated carbocycles. The van der Waals surface area contributed by atoms with E-state index >= 15 is 0 Å². The van der Waals surface area contributed by atoms with Gasteiger partial charge in [-0.3, -0.25) is 0 Å². The molecule has 1 aliphatic carbocycles. The average molecular weight is 350 g/mol. The first kappa shape index (κ1) is 14.4. The van der Waals surface area contributed by atoms with Crippen LogP contribution in [0.15, 0.2) is 46.9 Å². The molecule has 0 heterocycles. The molecule has 1 unspecified atom stereocenters. The molecule has 2 aromatic carbocycles. The Labute approximate surface area is 132 Å². The highest BCUT2D eigenvalue weighted by molar-refractivity contribution is 9.10. The molecule has 1 N–H and O–H groups in total. The van der Waals surface area contributed by atoms with Crippen LogP contribution in [0.5, 0.6) is 5.75 Å². The molecule has 0 aliphatic heterocycles. The topological polar surface area (TPSA) is 21.3 Å². The quantitative estimate of drug-likeness (QED) is 0.804. The molecule has 110 valence electrons. The van der Waals surface area contributed by atoms with E-state index < -0.39 is 0 Å². The van der Waals surface area contributed by atoms with Gasteiger partial charge < -0.3 is 10.1 Å². The zero-order valence-electron chi connectivity index (χ0n) is 11.8. The van der Waals surface area contributed by atoms with Gasteiger partial charge in [0.05, 0.1) is 13.2 Å². The smallest absolute Gasteiger partial charge is 0.124 e. The van der Waals surface area contributed by atoms with Crippen molar-refractivity contribution in [3.63, 3.8) is 0 Å². The highest BCUT2D eigenvalue weighted by atomic mass is 79.9. The van der Waals surface area contributed by atoms with E-state index in [1.165, 1.54) is 30.5 Å².